The highest BCUT2D eigenvalue weighted by molar-refractivity contribution is 6.34. The van der Waals surface area contributed by atoms with Gasteiger partial charge >= 0.3 is 0 Å². The van der Waals surface area contributed by atoms with Crippen LogP contribution in [0.2, 0.25) is 5.02 Å². The van der Waals surface area contributed by atoms with Crippen LogP contribution in [0.3, 0.4) is 0 Å². The number of carbonyl (C=O) groups excluding carboxylic acids is 1. The molecule has 0 saturated heterocycles. The number of amides is 1. The van der Waals surface area contributed by atoms with Crippen LogP contribution in [0, 0.1) is 18.6 Å². The highest BCUT2D eigenvalue weighted by Gasteiger charge is 2.49. The number of carbonyl (C=O) groups is 1. The molecular weight excluding hydrogens is 412 g/mol. The Morgan fingerprint density at radius 3 is 2.37 bits per heavy atom. The van der Waals surface area contributed by atoms with Crippen LogP contribution in [0.15, 0.2) is 36.1 Å². The van der Waals surface area contributed by atoms with Gasteiger partial charge in [0.2, 0.25) is 0 Å². The molecule has 2 aromatic carbocycles. The monoisotopic (exact) mass is 433 g/mol. The summed E-state index contributed by atoms with van der Waals surface area (Å²) in [5, 5.41) is 13.5. The van der Waals surface area contributed by atoms with Gasteiger partial charge in [0.05, 0.1) is 22.2 Å². The molecule has 1 fully saturated rings. The number of ether oxygens (including phenoxy) is 1. The van der Waals surface area contributed by atoms with Gasteiger partial charge in [-0.2, -0.15) is 0 Å². The molecule has 1 heterocycles. The van der Waals surface area contributed by atoms with E-state index in [4.69, 9.17) is 16.3 Å². The van der Waals surface area contributed by atoms with Crippen molar-refractivity contribution in [2.45, 2.75) is 44.2 Å². The third-order valence-electron chi connectivity index (χ3n) is 6.26. The van der Waals surface area contributed by atoms with E-state index in [0.717, 1.165) is 0 Å². The van der Waals surface area contributed by atoms with Gasteiger partial charge in [0.15, 0.2) is 0 Å². The van der Waals surface area contributed by atoms with Gasteiger partial charge in [-0.1, -0.05) is 41.9 Å². The van der Waals surface area contributed by atoms with Crippen molar-refractivity contribution in [3.05, 3.63) is 63.9 Å². The van der Waals surface area contributed by atoms with Crippen molar-refractivity contribution < 1.29 is 23.4 Å². The van der Waals surface area contributed by atoms with Gasteiger partial charge in [-0.15, -0.1) is 0 Å². The van der Waals surface area contributed by atoms with Crippen molar-refractivity contribution in [3.8, 4) is 11.1 Å². The van der Waals surface area contributed by atoms with Crippen molar-refractivity contribution in [2.75, 3.05) is 7.11 Å². The summed E-state index contributed by atoms with van der Waals surface area (Å²) in [6.07, 6.45) is 2.23. The van der Waals surface area contributed by atoms with Gasteiger partial charge in [-0.25, -0.2) is 8.78 Å². The Bertz CT molecular complexity index is 1040. The first-order valence-electron chi connectivity index (χ1n) is 9.82. The summed E-state index contributed by atoms with van der Waals surface area (Å²) >= 11 is 6.16. The van der Waals surface area contributed by atoms with E-state index in [2.05, 4.69) is 5.32 Å². The van der Waals surface area contributed by atoms with Crippen LogP contribution in [0.25, 0.3) is 16.7 Å². The largest absolute Gasteiger partial charge is 0.509 e. The van der Waals surface area contributed by atoms with Crippen molar-refractivity contribution in [2.24, 2.45) is 0 Å². The maximum absolute atomic E-state index is 15.7. The number of hydrogen-bond acceptors (Lipinski definition) is 3. The molecule has 4 nitrogen and oxygen atoms in total. The Kier molecular flexibility index (Phi) is 5.32. The average Bonchev–Trinajstić information content (AvgIpc) is 2.98. The number of rotatable bonds is 3. The minimum atomic E-state index is -0.983. The normalized spacial score (nSPS) is 23.9. The second-order valence-corrected chi connectivity index (χ2v) is 8.26. The van der Waals surface area contributed by atoms with Gasteiger partial charge < -0.3 is 15.2 Å². The topological polar surface area (TPSA) is 58.6 Å². The summed E-state index contributed by atoms with van der Waals surface area (Å²) in [6.45, 7) is 1.36. The Labute approximate surface area is 178 Å². The van der Waals surface area contributed by atoms with E-state index in [1.807, 2.05) is 0 Å². The number of aliphatic hydroxyl groups excluding tert-OH is 1. The second-order valence-electron chi connectivity index (χ2n) is 7.88. The maximum Gasteiger partial charge on any atom is 0.256 e. The molecule has 1 aliphatic carbocycles. The lowest BCUT2D eigenvalue weighted by Gasteiger charge is -2.36. The minimum Gasteiger partial charge on any atom is -0.509 e. The van der Waals surface area contributed by atoms with Crippen molar-refractivity contribution in [1.82, 2.24) is 5.32 Å². The molecule has 30 heavy (non-hydrogen) atoms. The third kappa shape index (κ3) is 3.10. The molecule has 0 unspecified atom stereocenters. The number of methoxy groups -OCH3 is 1. The van der Waals surface area contributed by atoms with Crippen molar-refractivity contribution in [1.29, 1.82) is 0 Å². The molecule has 0 bridgehead atoms. The first-order valence-corrected chi connectivity index (χ1v) is 10.2. The van der Waals surface area contributed by atoms with Crippen LogP contribution in [-0.4, -0.2) is 29.8 Å². The van der Waals surface area contributed by atoms with Crippen LogP contribution in [0.1, 0.15) is 36.8 Å². The molecule has 0 atom stereocenters. The van der Waals surface area contributed by atoms with Gasteiger partial charge in [0.25, 0.3) is 5.91 Å². The van der Waals surface area contributed by atoms with E-state index < -0.39 is 23.1 Å². The summed E-state index contributed by atoms with van der Waals surface area (Å²) in [4.78, 5) is 12.9. The highest BCUT2D eigenvalue weighted by atomic mass is 35.5. The lowest BCUT2D eigenvalue weighted by Crippen LogP contribution is -2.48. The fourth-order valence-electron chi connectivity index (χ4n) is 4.52. The lowest BCUT2D eigenvalue weighted by atomic mass is 9.79. The predicted molar refractivity (Wildman–Crippen MR) is 111 cm³/mol. The zero-order valence-corrected chi connectivity index (χ0v) is 17.4. The Morgan fingerprint density at radius 1 is 1.13 bits per heavy atom. The van der Waals surface area contributed by atoms with E-state index in [1.165, 1.54) is 6.92 Å². The second kappa shape index (κ2) is 7.67. The van der Waals surface area contributed by atoms with E-state index in [-0.39, 0.29) is 39.1 Å². The van der Waals surface area contributed by atoms with Gasteiger partial charge in [0, 0.05) is 18.2 Å². The standard InChI is InChI=1S/C23H22ClF2NO3/c1-12-15(20(26)16(18(24)19(12)25)13-6-4-3-5-7-13)17-21(28)23(27-22(17)29)10-8-14(30-2)9-11-23/h3-7,14,28H,8-11H2,1-2H3,(H,27,29). The Hall–Kier alpha value is -2.44. The Morgan fingerprint density at radius 2 is 1.77 bits per heavy atom. The quantitative estimate of drug-likeness (QED) is 0.644. The Balaban J connectivity index is 1.90. The molecule has 7 heteroatoms. The summed E-state index contributed by atoms with van der Waals surface area (Å²) in [7, 11) is 1.62. The molecule has 1 spiro atoms. The highest BCUT2D eigenvalue weighted by Crippen LogP contribution is 2.45. The number of hydrogen-bond donors (Lipinski definition) is 2. The van der Waals surface area contributed by atoms with Crippen molar-refractivity contribution in [3.63, 3.8) is 0 Å². The fraction of sp³-hybridized carbons (Fsp3) is 0.348. The van der Waals surface area contributed by atoms with Gasteiger partial charge in [-0.3, -0.25) is 4.79 Å². The first-order chi connectivity index (χ1) is 14.3. The molecule has 0 radical (unpaired) electrons. The molecule has 1 saturated carbocycles. The zero-order valence-electron chi connectivity index (χ0n) is 16.7. The molecule has 1 aliphatic heterocycles. The first kappa shape index (κ1) is 20.8. The van der Waals surface area contributed by atoms with Crippen LogP contribution in [0.4, 0.5) is 8.78 Å². The third-order valence-corrected chi connectivity index (χ3v) is 6.61. The molecule has 2 aromatic rings. The van der Waals surface area contributed by atoms with E-state index in [9.17, 15) is 9.90 Å². The van der Waals surface area contributed by atoms with Gasteiger partial charge in [0.1, 0.15) is 17.4 Å². The summed E-state index contributed by atoms with van der Waals surface area (Å²) in [5.74, 6) is -2.51. The molecule has 1 amide bonds. The molecule has 2 N–H and O–H groups in total. The lowest BCUT2D eigenvalue weighted by molar-refractivity contribution is -0.116. The molecule has 0 aromatic heterocycles. The molecule has 4 rings (SSSR count). The zero-order chi connectivity index (χ0) is 21.6. The maximum atomic E-state index is 15.7. The average molecular weight is 434 g/mol. The SMILES string of the molecule is COC1CCC2(CC1)NC(=O)C(c1c(C)c(F)c(Cl)c(-c3ccccc3)c1F)=C2O. The number of aliphatic hydroxyl groups is 1. The number of nitrogens with one attached hydrogen (secondary N) is 1. The molecule has 2 aliphatic rings. The number of halogens is 3. The van der Waals surface area contributed by atoms with Crippen LogP contribution >= 0.6 is 11.6 Å². The van der Waals surface area contributed by atoms with Crippen LogP contribution < -0.4 is 5.32 Å². The predicted octanol–water partition coefficient (Wildman–Crippen LogP) is 5.32. The smallest absolute Gasteiger partial charge is 0.256 e. The van der Waals surface area contributed by atoms with E-state index >= 15 is 8.78 Å². The van der Waals surface area contributed by atoms with Crippen molar-refractivity contribution >= 4 is 23.1 Å². The van der Waals surface area contributed by atoms with E-state index in [1.54, 1.807) is 37.4 Å². The van der Waals surface area contributed by atoms with Gasteiger partial charge in [-0.05, 0) is 43.7 Å². The van der Waals surface area contributed by atoms with Crippen LogP contribution in [0.5, 0.6) is 0 Å². The molecular formula is C23H22ClF2NO3. The minimum absolute atomic E-state index is 0.0421. The molecule has 158 valence electrons. The summed E-state index contributed by atoms with van der Waals surface area (Å²) in [5.41, 5.74) is -1.33. The van der Waals surface area contributed by atoms with E-state index in [0.29, 0.717) is 31.2 Å². The van der Waals surface area contributed by atoms with Crippen LogP contribution in [-0.2, 0) is 9.53 Å². The summed E-state index contributed by atoms with van der Waals surface area (Å²) < 4.78 is 36.1. The fourth-order valence-corrected chi connectivity index (χ4v) is 4.86. The number of benzene rings is 2. The summed E-state index contributed by atoms with van der Waals surface area (Å²) in [6, 6.07) is 8.34.